The number of methoxy groups -OCH3 is 2. The highest BCUT2D eigenvalue weighted by molar-refractivity contribution is 5.48. The second-order valence-corrected chi connectivity index (χ2v) is 5.00. The SMILES string of the molecule is COc1ccc(OC)c(C(C)(O)c2ccc(C)cc2)c1. The van der Waals surface area contributed by atoms with Crippen molar-refractivity contribution >= 4 is 0 Å². The van der Waals surface area contributed by atoms with Crippen LogP contribution in [0.1, 0.15) is 23.6 Å². The number of aliphatic hydroxyl groups is 1. The molecule has 3 heteroatoms. The average molecular weight is 272 g/mol. The number of aryl methyl sites for hydroxylation is 1. The maximum absolute atomic E-state index is 10.9. The lowest BCUT2D eigenvalue weighted by Crippen LogP contribution is -2.23. The predicted molar refractivity (Wildman–Crippen MR) is 79.4 cm³/mol. The first-order valence-electron chi connectivity index (χ1n) is 6.51. The van der Waals surface area contributed by atoms with Crippen molar-refractivity contribution < 1.29 is 14.6 Å². The molecule has 0 heterocycles. The number of rotatable bonds is 4. The van der Waals surface area contributed by atoms with Crippen LogP contribution in [-0.2, 0) is 5.60 Å². The molecule has 2 aromatic rings. The van der Waals surface area contributed by atoms with Gasteiger partial charge < -0.3 is 14.6 Å². The van der Waals surface area contributed by atoms with E-state index in [0.29, 0.717) is 17.1 Å². The largest absolute Gasteiger partial charge is 0.497 e. The zero-order valence-corrected chi connectivity index (χ0v) is 12.3. The summed E-state index contributed by atoms with van der Waals surface area (Å²) < 4.78 is 10.6. The molecule has 0 fully saturated rings. The van der Waals surface area contributed by atoms with Gasteiger partial charge in [-0.1, -0.05) is 29.8 Å². The Hall–Kier alpha value is -2.00. The zero-order valence-electron chi connectivity index (χ0n) is 12.3. The molecule has 0 aliphatic carbocycles. The van der Waals surface area contributed by atoms with Gasteiger partial charge >= 0.3 is 0 Å². The highest BCUT2D eigenvalue weighted by Crippen LogP contribution is 2.37. The number of hydrogen-bond acceptors (Lipinski definition) is 3. The van der Waals surface area contributed by atoms with Crippen molar-refractivity contribution in [2.24, 2.45) is 0 Å². The van der Waals surface area contributed by atoms with Gasteiger partial charge in [-0.3, -0.25) is 0 Å². The Morgan fingerprint density at radius 3 is 2.15 bits per heavy atom. The van der Waals surface area contributed by atoms with E-state index >= 15 is 0 Å². The van der Waals surface area contributed by atoms with Crippen LogP contribution in [0.3, 0.4) is 0 Å². The molecule has 1 unspecified atom stereocenters. The standard InChI is InChI=1S/C17H20O3/c1-12-5-7-13(8-6-12)17(2,18)15-11-14(19-3)9-10-16(15)20-4/h5-11,18H,1-4H3. The van der Waals surface area contributed by atoms with E-state index in [9.17, 15) is 5.11 Å². The van der Waals surface area contributed by atoms with Gasteiger partial charge in [-0.25, -0.2) is 0 Å². The summed E-state index contributed by atoms with van der Waals surface area (Å²) in [6, 6.07) is 13.2. The minimum Gasteiger partial charge on any atom is -0.497 e. The molecule has 1 atom stereocenters. The second kappa shape index (κ2) is 5.55. The third-order valence-corrected chi connectivity index (χ3v) is 3.54. The van der Waals surface area contributed by atoms with Crippen molar-refractivity contribution in [3.8, 4) is 11.5 Å². The topological polar surface area (TPSA) is 38.7 Å². The average Bonchev–Trinajstić information content (AvgIpc) is 2.47. The lowest BCUT2D eigenvalue weighted by atomic mass is 9.87. The number of ether oxygens (including phenoxy) is 2. The highest BCUT2D eigenvalue weighted by atomic mass is 16.5. The van der Waals surface area contributed by atoms with E-state index in [2.05, 4.69) is 0 Å². The first-order valence-corrected chi connectivity index (χ1v) is 6.51. The molecular weight excluding hydrogens is 252 g/mol. The monoisotopic (exact) mass is 272 g/mol. The van der Waals surface area contributed by atoms with Crippen molar-refractivity contribution in [1.82, 2.24) is 0 Å². The van der Waals surface area contributed by atoms with Gasteiger partial charge in [0.25, 0.3) is 0 Å². The van der Waals surface area contributed by atoms with Crippen LogP contribution in [-0.4, -0.2) is 19.3 Å². The molecule has 0 saturated carbocycles. The fourth-order valence-corrected chi connectivity index (χ4v) is 2.23. The number of hydrogen-bond donors (Lipinski definition) is 1. The van der Waals surface area contributed by atoms with E-state index in [-0.39, 0.29) is 0 Å². The molecule has 0 aliphatic rings. The molecule has 0 radical (unpaired) electrons. The van der Waals surface area contributed by atoms with Gasteiger partial charge in [0.05, 0.1) is 14.2 Å². The molecule has 20 heavy (non-hydrogen) atoms. The summed E-state index contributed by atoms with van der Waals surface area (Å²) in [6.45, 7) is 3.78. The third kappa shape index (κ3) is 2.63. The van der Waals surface area contributed by atoms with Crippen molar-refractivity contribution in [1.29, 1.82) is 0 Å². The lowest BCUT2D eigenvalue weighted by molar-refractivity contribution is 0.0986. The molecule has 0 aliphatic heterocycles. The summed E-state index contributed by atoms with van der Waals surface area (Å²) in [4.78, 5) is 0. The van der Waals surface area contributed by atoms with E-state index in [1.54, 1.807) is 33.3 Å². The van der Waals surface area contributed by atoms with Crippen LogP contribution in [0.4, 0.5) is 0 Å². The van der Waals surface area contributed by atoms with Crippen LogP contribution in [0.15, 0.2) is 42.5 Å². The molecule has 0 bridgehead atoms. The second-order valence-electron chi connectivity index (χ2n) is 5.00. The highest BCUT2D eigenvalue weighted by Gasteiger charge is 2.29. The molecule has 106 valence electrons. The van der Waals surface area contributed by atoms with E-state index in [4.69, 9.17) is 9.47 Å². The Balaban J connectivity index is 2.54. The first-order chi connectivity index (χ1) is 9.48. The van der Waals surface area contributed by atoms with E-state index in [0.717, 1.165) is 11.1 Å². The molecule has 0 amide bonds. The summed E-state index contributed by atoms with van der Waals surface area (Å²) in [7, 11) is 3.20. The minimum absolute atomic E-state index is 0.636. The van der Waals surface area contributed by atoms with Gasteiger partial charge in [0.1, 0.15) is 17.1 Å². The molecule has 1 N–H and O–H groups in total. The molecule has 0 spiro atoms. The van der Waals surface area contributed by atoms with Gasteiger partial charge in [-0.2, -0.15) is 0 Å². The van der Waals surface area contributed by atoms with Crippen molar-refractivity contribution in [2.75, 3.05) is 14.2 Å². The van der Waals surface area contributed by atoms with Gasteiger partial charge in [-0.15, -0.1) is 0 Å². The van der Waals surface area contributed by atoms with Gasteiger partial charge in [-0.05, 0) is 37.6 Å². The Morgan fingerprint density at radius 2 is 1.60 bits per heavy atom. The molecular formula is C17H20O3. The van der Waals surface area contributed by atoms with Crippen LogP contribution in [0, 0.1) is 6.92 Å². The van der Waals surface area contributed by atoms with Crippen molar-refractivity contribution in [3.63, 3.8) is 0 Å². The summed E-state index contributed by atoms with van der Waals surface area (Å²) in [5.41, 5.74) is 1.51. The quantitative estimate of drug-likeness (QED) is 0.928. The fourth-order valence-electron chi connectivity index (χ4n) is 2.23. The van der Waals surface area contributed by atoms with Gasteiger partial charge in [0, 0.05) is 5.56 Å². The van der Waals surface area contributed by atoms with Crippen molar-refractivity contribution in [3.05, 3.63) is 59.2 Å². The Bertz CT molecular complexity index is 586. The predicted octanol–water partition coefficient (Wildman–Crippen LogP) is 3.27. The van der Waals surface area contributed by atoms with Crippen molar-refractivity contribution in [2.45, 2.75) is 19.4 Å². The van der Waals surface area contributed by atoms with E-state index in [1.807, 2.05) is 37.3 Å². The van der Waals surface area contributed by atoms with E-state index < -0.39 is 5.60 Å². The molecule has 2 aromatic carbocycles. The molecule has 2 rings (SSSR count). The molecule has 3 nitrogen and oxygen atoms in total. The molecule has 0 aromatic heterocycles. The smallest absolute Gasteiger partial charge is 0.125 e. The number of benzene rings is 2. The Morgan fingerprint density at radius 1 is 0.950 bits per heavy atom. The normalized spacial score (nSPS) is 13.7. The maximum Gasteiger partial charge on any atom is 0.125 e. The Labute approximate surface area is 119 Å². The van der Waals surface area contributed by atoms with Crippen LogP contribution in [0.2, 0.25) is 0 Å². The lowest BCUT2D eigenvalue weighted by Gasteiger charge is -2.27. The van der Waals surface area contributed by atoms with E-state index in [1.165, 1.54) is 0 Å². The minimum atomic E-state index is -1.15. The third-order valence-electron chi connectivity index (χ3n) is 3.54. The zero-order chi connectivity index (χ0) is 14.8. The van der Waals surface area contributed by atoms with Gasteiger partial charge in [0.15, 0.2) is 0 Å². The summed E-state index contributed by atoms with van der Waals surface area (Å²) in [5.74, 6) is 1.32. The molecule has 0 saturated heterocycles. The van der Waals surface area contributed by atoms with Gasteiger partial charge in [0.2, 0.25) is 0 Å². The fraction of sp³-hybridized carbons (Fsp3) is 0.294. The van der Waals surface area contributed by atoms with Crippen LogP contribution < -0.4 is 9.47 Å². The first kappa shape index (κ1) is 14.4. The van der Waals surface area contributed by atoms with Crippen LogP contribution >= 0.6 is 0 Å². The summed E-state index contributed by atoms with van der Waals surface area (Å²) >= 11 is 0. The van der Waals surface area contributed by atoms with Crippen LogP contribution in [0.25, 0.3) is 0 Å². The Kier molecular flexibility index (Phi) is 4.00. The summed E-state index contributed by atoms with van der Waals surface area (Å²) in [6.07, 6.45) is 0. The van der Waals surface area contributed by atoms with Crippen LogP contribution in [0.5, 0.6) is 11.5 Å². The summed E-state index contributed by atoms with van der Waals surface area (Å²) in [5, 5.41) is 10.9. The maximum atomic E-state index is 10.9.